The fraction of sp³-hybridized carbons (Fsp3) is 0.400. The highest BCUT2D eigenvalue weighted by molar-refractivity contribution is 6.62. The fourth-order valence-corrected chi connectivity index (χ4v) is 2.58. The maximum atomic E-state index is 3.58. The summed E-state index contributed by atoms with van der Waals surface area (Å²) < 4.78 is 0. The van der Waals surface area contributed by atoms with Crippen molar-refractivity contribution in [3.05, 3.63) is 30.3 Å². The zero-order chi connectivity index (χ0) is 8.81. The number of nitrogens with one attached hydrogen (secondary N) is 1. The Hall–Kier alpha value is -0.763. The molecule has 1 rings (SSSR count). The van der Waals surface area contributed by atoms with Gasteiger partial charge in [0.2, 0.25) is 0 Å². The maximum absolute atomic E-state index is 3.58. The largest absolute Gasteiger partial charge is 0.411 e. The van der Waals surface area contributed by atoms with Crippen LogP contribution < -0.4 is 4.98 Å². The molecule has 0 saturated carbocycles. The van der Waals surface area contributed by atoms with Crippen LogP contribution in [-0.4, -0.2) is 8.96 Å². The first kappa shape index (κ1) is 9.33. The number of benzene rings is 1. The molecule has 0 aliphatic rings. The molecular formula is C10H16NSi. The quantitative estimate of drug-likeness (QED) is 0.698. The van der Waals surface area contributed by atoms with Gasteiger partial charge in [0.1, 0.15) is 0 Å². The van der Waals surface area contributed by atoms with E-state index < -0.39 is 0 Å². The van der Waals surface area contributed by atoms with E-state index in [0.29, 0.717) is 0 Å². The van der Waals surface area contributed by atoms with Crippen molar-refractivity contribution in [2.45, 2.75) is 25.9 Å². The number of hydrogen-bond acceptors (Lipinski definition) is 1. The molecular weight excluding hydrogens is 162 g/mol. The van der Waals surface area contributed by atoms with Gasteiger partial charge < -0.3 is 4.98 Å². The van der Waals surface area contributed by atoms with E-state index in [-0.39, 0.29) is 8.96 Å². The highest BCUT2D eigenvalue weighted by Gasteiger charge is 2.04. The second-order valence-electron chi connectivity index (χ2n) is 2.80. The van der Waals surface area contributed by atoms with Crippen molar-refractivity contribution >= 4 is 14.6 Å². The van der Waals surface area contributed by atoms with E-state index in [0.717, 1.165) is 0 Å². The van der Waals surface area contributed by atoms with E-state index >= 15 is 0 Å². The monoisotopic (exact) mass is 178 g/mol. The van der Waals surface area contributed by atoms with E-state index in [1.807, 2.05) is 0 Å². The average Bonchev–Trinajstić information content (AvgIpc) is 2.16. The summed E-state index contributed by atoms with van der Waals surface area (Å²) in [4.78, 5) is 3.58. The van der Waals surface area contributed by atoms with Crippen LogP contribution in [0.4, 0.5) is 5.69 Å². The summed E-state index contributed by atoms with van der Waals surface area (Å²) >= 11 is 0. The van der Waals surface area contributed by atoms with Gasteiger partial charge in [-0.1, -0.05) is 32.0 Å². The molecule has 0 bridgehead atoms. The summed E-state index contributed by atoms with van der Waals surface area (Å²) in [6.45, 7) is 4.52. The van der Waals surface area contributed by atoms with Gasteiger partial charge in [-0.3, -0.25) is 0 Å². The lowest BCUT2D eigenvalue weighted by Crippen LogP contribution is -2.21. The Morgan fingerprint density at radius 3 is 2.17 bits per heavy atom. The van der Waals surface area contributed by atoms with E-state index in [2.05, 4.69) is 49.2 Å². The van der Waals surface area contributed by atoms with E-state index in [4.69, 9.17) is 0 Å². The third-order valence-electron chi connectivity index (χ3n) is 1.95. The molecule has 1 aromatic carbocycles. The Kier molecular flexibility index (Phi) is 3.87. The molecule has 0 aromatic heterocycles. The molecule has 0 amide bonds. The van der Waals surface area contributed by atoms with Gasteiger partial charge in [0, 0.05) is 5.69 Å². The lowest BCUT2D eigenvalue weighted by molar-refractivity contribution is 1.30. The Morgan fingerprint density at radius 1 is 1.08 bits per heavy atom. The van der Waals surface area contributed by atoms with Crippen LogP contribution in [0.1, 0.15) is 13.8 Å². The second-order valence-corrected chi connectivity index (χ2v) is 5.67. The van der Waals surface area contributed by atoms with Crippen molar-refractivity contribution in [2.75, 3.05) is 4.98 Å². The Labute approximate surface area is 76.5 Å². The van der Waals surface area contributed by atoms with Crippen LogP contribution in [0.15, 0.2) is 30.3 Å². The normalized spacial score (nSPS) is 10.2. The van der Waals surface area contributed by atoms with Gasteiger partial charge in [-0.25, -0.2) is 0 Å². The molecule has 0 aliphatic heterocycles. The van der Waals surface area contributed by atoms with Crippen LogP contribution in [0.25, 0.3) is 0 Å². The molecule has 2 heteroatoms. The van der Waals surface area contributed by atoms with Crippen molar-refractivity contribution in [3.63, 3.8) is 0 Å². The molecule has 1 nitrogen and oxygen atoms in total. The summed E-state index contributed by atoms with van der Waals surface area (Å²) in [7, 11) is -0.326. The molecule has 1 radical (unpaired) electrons. The van der Waals surface area contributed by atoms with Crippen LogP contribution in [0.3, 0.4) is 0 Å². The number of hydrogen-bond donors (Lipinski definition) is 1. The molecule has 0 unspecified atom stereocenters. The molecule has 0 fully saturated rings. The molecule has 65 valence electrons. The standard InChI is InChI=1S/C10H16NSi/c1-3-12(4-2)11-10-8-6-5-7-9-10/h5-9,11H,3-4H2,1-2H3. The summed E-state index contributed by atoms with van der Waals surface area (Å²) in [5, 5.41) is 0. The third kappa shape index (κ3) is 2.70. The van der Waals surface area contributed by atoms with Crippen LogP contribution in [-0.2, 0) is 0 Å². The summed E-state index contributed by atoms with van der Waals surface area (Å²) in [5.74, 6) is 0. The second kappa shape index (κ2) is 4.98. The summed E-state index contributed by atoms with van der Waals surface area (Å²) in [6, 6.07) is 13.0. The van der Waals surface area contributed by atoms with Gasteiger partial charge in [-0.2, -0.15) is 0 Å². The molecule has 0 spiro atoms. The van der Waals surface area contributed by atoms with Crippen molar-refractivity contribution < 1.29 is 0 Å². The molecule has 12 heavy (non-hydrogen) atoms. The number of para-hydroxylation sites is 1. The van der Waals surface area contributed by atoms with Gasteiger partial charge in [0.25, 0.3) is 0 Å². The fourth-order valence-electron chi connectivity index (χ4n) is 1.15. The zero-order valence-electron chi connectivity index (χ0n) is 7.80. The predicted molar refractivity (Wildman–Crippen MR) is 56.8 cm³/mol. The first-order valence-electron chi connectivity index (χ1n) is 4.53. The Morgan fingerprint density at radius 2 is 1.67 bits per heavy atom. The van der Waals surface area contributed by atoms with Crippen molar-refractivity contribution in [3.8, 4) is 0 Å². The minimum atomic E-state index is -0.326. The molecule has 1 N–H and O–H groups in total. The SMILES string of the molecule is CC[Si](CC)Nc1ccccc1. The van der Waals surface area contributed by atoms with E-state index in [9.17, 15) is 0 Å². The first-order chi connectivity index (χ1) is 5.86. The molecule has 1 aromatic rings. The van der Waals surface area contributed by atoms with Gasteiger partial charge >= 0.3 is 0 Å². The van der Waals surface area contributed by atoms with Crippen molar-refractivity contribution in [1.29, 1.82) is 0 Å². The molecule has 0 saturated heterocycles. The first-order valence-corrected chi connectivity index (χ1v) is 6.45. The minimum Gasteiger partial charge on any atom is -0.411 e. The van der Waals surface area contributed by atoms with Crippen LogP contribution >= 0.6 is 0 Å². The van der Waals surface area contributed by atoms with Crippen molar-refractivity contribution in [2.24, 2.45) is 0 Å². The molecule has 0 atom stereocenters. The molecule has 0 heterocycles. The summed E-state index contributed by atoms with van der Waals surface area (Å²) in [5.41, 5.74) is 1.27. The smallest absolute Gasteiger partial charge is 0.166 e. The van der Waals surface area contributed by atoms with Gasteiger partial charge in [0.15, 0.2) is 8.96 Å². The van der Waals surface area contributed by atoms with Gasteiger partial charge in [-0.05, 0) is 24.2 Å². The topological polar surface area (TPSA) is 12.0 Å². The van der Waals surface area contributed by atoms with Crippen molar-refractivity contribution in [1.82, 2.24) is 0 Å². The van der Waals surface area contributed by atoms with Gasteiger partial charge in [-0.15, -0.1) is 0 Å². The highest BCUT2D eigenvalue weighted by Crippen LogP contribution is 2.08. The lowest BCUT2D eigenvalue weighted by atomic mass is 10.3. The van der Waals surface area contributed by atoms with Crippen LogP contribution in [0.2, 0.25) is 12.1 Å². The Bertz CT molecular complexity index is 206. The van der Waals surface area contributed by atoms with Crippen LogP contribution in [0.5, 0.6) is 0 Å². The van der Waals surface area contributed by atoms with Crippen LogP contribution in [0, 0.1) is 0 Å². The summed E-state index contributed by atoms with van der Waals surface area (Å²) in [6.07, 6.45) is 0. The number of rotatable bonds is 4. The third-order valence-corrected chi connectivity index (χ3v) is 4.30. The lowest BCUT2D eigenvalue weighted by Gasteiger charge is -2.12. The maximum Gasteiger partial charge on any atom is 0.166 e. The zero-order valence-corrected chi connectivity index (χ0v) is 8.80. The van der Waals surface area contributed by atoms with Gasteiger partial charge in [0.05, 0.1) is 0 Å². The average molecular weight is 178 g/mol. The minimum absolute atomic E-state index is 0.326. The number of anilines is 1. The molecule has 0 aliphatic carbocycles. The van der Waals surface area contributed by atoms with E-state index in [1.54, 1.807) is 0 Å². The Balaban J connectivity index is 2.51. The predicted octanol–water partition coefficient (Wildman–Crippen LogP) is 3.13. The van der Waals surface area contributed by atoms with E-state index in [1.165, 1.54) is 17.8 Å². The highest BCUT2D eigenvalue weighted by atomic mass is 28.3.